The smallest absolute Gasteiger partial charge is 0.327 e. The number of benzene rings is 1. The minimum absolute atomic E-state index is 0.0286. The van der Waals surface area contributed by atoms with Crippen molar-refractivity contribution in [1.82, 2.24) is 10.3 Å². The van der Waals surface area contributed by atoms with Crippen molar-refractivity contribution in [3.05, 3.63) is 50.9 Å². The largest absolute Gasteiger partial charge is 0.468 e. The number of carbonyl (C=O) groups is 1. The second kappa shape index (κ2) is 7.72. The molecule has 1 aromatic heterocycles. The molecule has 0 saturated carbocycles. The number of carbonyl (C=O) groups excluding carboxylic acids is 1. The quantitative estimate of drug-likeness (QED) is 0.807. The predicted octanol–water partition coefficient (Wildman–Crippen LogP) is 4.06. The SMILES string of the molecule is CCC(NC(C(=O)OC)c1ccccc1Cl)c1nc(C)cs1. The van der Waals surface area contributed by atoms with Gasteiger partial charge in [0, 0.05) is 16.1 Å². The fourth-order valence-corrected chi connectivity index (χ4v) is 3.39. The molecule has 0 fully saturated rings. The standard InChI is InChI=1S/C16H19ClN2O2S/c1-4-13(15-18-10(2)9-22-15)19-14(16(20)21-3)11-7-5-6-8-12(11)17/h5-9,13-14,19H,4H2,1-3H3. The molecule has 0 aliphatic heterocycles. The van der Waals surface area contributed by atoms with Crippen LogP contribution >= 0.6 is 22.9 Å². The molecule has 2 aromatic rings. The summed E-state index contributed by atoms with van der Waals surface area (Å²) in [5.41, 5.74) is 1.69. The lowest BCUT2D eigenvalue weighted by molar-refractivity contribution is -0.143. The van der Waals surface area contributed by atoms with Crippen molar-refractivity contribution in [1.29, 1.82) is 0 Å². The Bertz CT molecular complexity index is 645. The molecule has 22 heavy (non-hydrogen) atoms. The van der Waals surface area contributed by atoms with Gasteiger partial charge in [0.1, 0.15) is 11.0 Å². The third-order valence-electron chi connectivity index (χ3n) is 3.36. The lowest BCUT2D eigenvalue weighted by Crippen LogP contribution is -2.33. The highest BCUT2D eigenvalue weighted by Crippen LogP contribution is 2.29. The Kier molecular flexibility index (Phi) is 5.94. The topological polar surface area (TPSA) is 51.2 Å². The van der Waals surface area contributed by atoms with Crippen LogP contribution in [0.4, 0.5) is 0 Å². The molecule has 0 amide bonds. The van der Waals surface area contributed by atoms with E-state index in [1.165, 1.54) is 7.11 Å². The normalized spacial score (nSPS) is 13.6. The van der Waals surface area contributed by atoms with Crippen LogP contribution in [0.3, 0.4) is 0 Å². The molecule has 0 spiro atoms. The van der Waals surface area contributed by atoms with Crippen LogP contribution in [0.1, 0.15) is 41.7 Å². The van der Waals surface area contributed by atoms with E-state index in [2.05, 4.69) is 17.2 Å². The number of rotatable bonds is 6. The molecule has 0 saturated heterocycles. The summed E-state index contributed by atoms with van der Waals surface area (Å²) in [6.45, 7) is 4.01. The van der Waals surface area contributed by atoms with Crippen LogP contribution in [0.15, 0.2) is 29.6 Å². The number of halogens is 1. The summed E-state index contributed by atoms with van der Waals surface area (Å²) in [5.74, 6) is -0.361. The Hall–Kier alpha value is -1.43. The summed E-state index contributed by atoms with van der Waals surface area (Å²) in [5, 5.41) is 6.83. The van der Waals surface area contributed by atoms with E-state index < -0.39 is 6.04 Å². The number of hydrogen-bond donors (Lipinski definition) is 1. The van der Waals surface area contributed by atoms with Gasteiger partial charge in [-0.1, -0.05) is 36.7 Å². The Labute approximate surface area is 139 Å². The molecule has 2 rings (SSSR count). The molecule has 118 valence electrons. The zero-order chi connectivity index (χ0) is 16.1. The van der Waals surface area contributed by atoms with Crippen LogP contribution in [-0.2, 0) is 9.53 Å². The van der Waals surface area contributed by atoms with Crippen LogP contribution < -0.4 is 5.32 Å². The van der Waals surface area contributed by atoms with Crippen molar-refractivity contribution in [2.24, 2.45) is 0 Å². The summed E-state index contributed by atoms with van der Waals surface area (Å²) >= 11 is 7.82. The average Bonchev–Trinajstić information content (AvgIpc) is 2.95. The zero-order valence-electron chi connectivity index (χ0n) is 12.8. The monoisotopic (exact) mass is 338 g/mol. The van der Waals surface area contributed by atoms with E-state index in [-0.39, 0.29) is 12.0 Å². The fourth-order valence-electron chi connectivity index (χ4n) is 2.21. The van der Waals surface area contributed by atoms with E-state index >= 15 is 0 Å². The molecule has 0 aliphatic carbocycles. The van der Waals surface area contributed by atoms with E-state index in [0.717, 1.165) is 17.1 Å². The van der Waals surface area contributed by atoms with E-state index in [1.807, 2.05) is 30.5 Å². The summed E-state index contributed by atoms with van der Waals surface area (Å²) in [7, 11) is 1.38. The number of nitrogens with zero attached hydrogens (tertiary/aromatic N) is 1. The highest BCUT2D eigenvalue weighted by molar-refractivity contribution is 7.09. The van der Waals surface area contributed by atoms with Crippen molar-refractivity contribution < 1.29 is 9.53 Å². The van der Waals surface area contributed by atoms with Gasteiger partial charge in [0.25, 0.3) is 0 Å². The third kappa shape index (κ3) is 3.85. The van der Waals surface area contributed by atoms with Gasteiger partial charge in [0.2, 0.25) is 0 Å². The zero-order valence-corrected chi connectivity index (χ0v) is 14.4. The maximum absolute atomic E-state index is 12.2. The van der Waals surface area contributed by atoms with Gasteiger partial charge in [-0.3, -0.25) is 5.32 Å². The first-order chi connectivity index (χ1) is 10.6. The van der Waals surface area contributed by atoms with E-state index in [9.17, 15) is 4.79 Å². The molecule has 4 nitrogen and oxygen atoms in total. The molecule has 0 radical (unpaired) electrons. The molecule has 2 atom stereocenters. The van der Waals surface area contributed by atoms with Crippen molar-refractivity contribution in [3.63, 3.8) is 0 Å². The Morgan fingerprint density at radius 3 is 2.73 bits per heavy atom. The van der Waals surface area contributed by atoms with Gasteiger partial charge in [-0.25, -0.2) is 9.78 Å². The minimum atomic E-state index is -0.618. The second-order valence-electron chi connectivity index (χ2n) is 4.93. The van der Waals surface area contributed by atoms with Gasteiger partial charge in [-0.05, 0) is 25.0 Å². The molecule has 6 heteroatoms. The number of esters is 1. The second-order valence-corrected chi connectivity index (χ2v) is 6.23. The molecule has 1 aromatic carbocycles. The van der Waals surface area contributed by atoms with Crippen molar-refractivity contribution in [2.45, 2.75) is 32.4 Å². The maximum Gasteiger partial charge on any atom is 0.327 e. The number of hydrogen-bond acceptors (Lipinski definition) is 5. The molecule has 1 heterocycles. The number of aryl methyl sites for hydroxylation is 1. The molecule has 2 unspecified atom stereocenters. The van der Waals surface area contributed by atoms with E-state index in [4.69, 9.17) is 16.3 Å². The van der Waals surface area contributed by atoms with Gasteiger partial charge in [0.05, 0.1) is 13.2 Å². The van der Waals surface area contributed by atoms with Gasteiger partial charge in [-0.2, -0.15) is 0 Å². The summed E-state index contributed by atoms with van der Waals surface area (Å²) < 4.78 is 4.93. The number of ether oxygens (including phenoxy) is 1. The Morgan fingerprint density at radius 1 is 1.45 bits per heavy atom. The lowest BCUT2D eigenvalue weighted by atomic mass is 10.1. The number of nitrogens with one attached hydrogen (secondary N) is 1. The van der Waals surface area contributed by atoms with Crippen molar-refractivity contribution in [3.8, 4) is 0 Å². The lowest BCUT2D eigenvalue weighted by Gasteiger charge is -2.23. The Morgan fingerprint density at radius 2 is 2.18 bits per heavy atom. The van der Waals surface area contributed by atoms with Gasteiger partial charge in [-0.15, -0.1) is 11.3 Å². The van der Waals surface area contributed by atoms with E-state index in [0.29, 0.717) is 10.6 Å². The van der Waals surface area contributed by atoms with E-state index in [1.54, 1.807) is 17.4 Å². The number of thiazole rings is 1. The van der Waals surface area contributed by atoms with Gasteiger partial charge < -0.3 is 4.74 Å². The van der Waals surface area contributed by atoms with Crippen molar-refractivity contribution >= 4 is 28.9 Å². The minimum Gasteiger partial charge on any atom is -0.468 e. The van der Waals surface area contributed by atoms with Crippen LogP contribution in [0, 0.1) is 6.92 Å². The summed E-state index contributed by atoms with van der Waals surface area (Å²) in [4.78, 5) is 16.7. The first-order valence-electron chi connectivity index (χ1n) is 7.07. The molecule has 0 aliphatic rings. The molecule has 1 N–H and O–H groups in total. The average molecular weight is 339 g/mol. The Balaban J connectivity index is 2.30. The number of aromatic nitrogens is 1. The van der Waals surface area contributed by atoms with Crippen LogP contribution in [0.2, 0.25) is 5.02 Å². The summed E-state index contributed by atoms with van der Waals surface area (Å²) in [6.07, 6.45) is 0.810. The van der Waals surface area contributed by atoms with Gasteiger partial charge in [0.15, 0.2) is 0 Å². The predicted molar refractivity (Wildman–Crippen MR) is 89.2 cm³/mol. The van der Waals surface area contributed by atoms with Crippen LogP contribution in [-0.4, -0.2) is 18.1 Å². The fraction of sp³-hybridized carbons (Fsp3) is 0.375. The maximum atomic E-state index is 12.2. The summed E-state index contributed by atoms with van der Waals surface area (Å²) in [6, 6.07) is 6.64. The highest BCUT2D eigenvalue weighted by Gasteiger charge is 2.27. The first-order valence-corrected chi connectivity index (χ1v) is 8.32. The van der Waals surface area contributed by atoms with Crippen LogP contribution in [0.5, 0.6) is 0 Å². The van der Waals surface area contributed by atoms with Crippen molar-refractivity contribution in [2.75, 3.05) is 7.11 Å². The van der Waals surface area contributed by atoms with Gasteiger partial charge >= 0.3 is 5.97 Å². The molecular weight excluding hydrogens is 320 g/mol. The molecular formula is C16H19ClN2O2S. The first kappa shape index (κ1) is 16.9. The number of methoxy groups -OCH3 is 1. The molecule has 0 bridgehead atoms. The van der Waals surface area contributed by atoms with Crippen LogP contribution in [0.25, 0.3) is 0 Å². The highest BCUT2D eigenvalue weighted by atomic mass is 35.5. The third-order valence-corrected chi connectivity index (χ3v) is 4.78.